The van der Waals surface area contributed by atoms with Gasteiger partial charge in [0, 0.05) is 12.8 Å². The van der Waals surface area contributed by atoms with Gasteiger partial charge in [-0.3, -0.25) is 4.79 Å². The van der Waals surface area contributed by atoms with Crippen molar-refractivity contribution in [2.75, 3.05) is 24.2 Å². The zero-order valence-electron chi connectivity index (χ0n) is 16.7. The lowest BCUT2D eigenvalue weighted by Crippen LogP contribution is -2.33. The Kier molecular flexibility index (Phi) is 10.8. The van der Waals surface area contributed by atoms with Gasteiger partial charge in [-0.25, -0.2) is 0 Å². The van der Waals surface area contributed by atoms with Gasteiger partial charge in [0.25, 0.3) is 0 Å². The molecule has 1 amide bonds. The summed E-state index contributed by atoms with van der Waals surface area (Å²) in [7, 11) is 1.64. The maximum Gasteiger partial charge on any atom is 0.240 e. The number of carbonyl (C=O) groups is 1. The molecule has 2 aromatic rings. The van der Waals surface area contributed by atoms with E-state index in [1.165, 1.54) is 5.56 Å². The molecule has 0 aliphatic heterocycles. The molecule has 0 aromatic heterocycles. The number of methoxy groups -OCH3 is 1. The van der Waals surface area contributed by atoms with E-state index in [0.29, 0.717) is 13.1 Å². The maximum absolute atomic E-state index is 12.3. The van der Waals surface area contributed by atoms with E-state index in [2.05, 4.69) is 31.0 Å². The van der Waals surface area contributed by atoms with Crippen molar-refractivity contribution in [3.05, 3.63) is 72.3 Å². The van der Waals surface area contributed by atoms with E-state index in [0.717, 1.165) is 23.4 Å². The molecule has 4 nitrogen and oxygen atoms in total. The van der Waals surface area contributed by atoms with E-state index in [9.17, 15) is 4.79 Å². The second-order valence-corrected chi connectivity index (χ2v) is 6.54. The van der Waals surface area contributed by atoms with Gasteiger partial charge in [-0.15, -0.1) is 6.58 Å². The van der Waals surface area contributed by atoms with Gasteiger partial charge in [-0.05, 0) is 42.7 Å². The lowest BCUT2D eigenvalue weighted by atomic mass is 10.1. The molecule has 0 atom stereocenters. The monoisotopic (exact) mass is 386 g/mol. The highest BCUT2D eigenvalue weighted by atomic mass is 32.2. The smallest absolute Gasteiger partial charge is 0.240 e. The van der Waals surface area contributed by atoms with Crippen LogP contribution in [-0.2, 0) is 17.8 Å². The third-order valence-electron chi connectivity index (χ3n) is 3.80. The van der Waals surface area contributed by atoms with Gasteiger partial charge in [0.15, 0.2) is 0 Å². The Balaban J connectivity index is 0.00000114. The van der Waals surface area contributed by atoms with Crippen molar-refractivity contribution in [2.45, 2.75) is 26.8 Å². The number of aryl methyl sites for hydroxylation is 1. The van der Waals surface area contributed by atoms with E-state index in [4.69, 9.17) is 4.74 Å². The Labute approximate surface area is 167 Å². The molecule has 0 heterocycles. The number of hydrogen-bond donors (Lipinski definition) is 1. The summed E-state index contributed by atoms with van der Waals surface area (Å²) in [6.07, 6.45) is 4.68. The number of nitrogens with zero attached hydrogens (tertiary/aromatic N) is 1. The summed E-state index contributed by atoms with van der Waals surface area (Å²) < 4.78 is 7.17. The zero-order chi connectivity index (χ0) is 20.1. The SMILES string of the molecule is C=CC.CCc1ccccc1N(CC(=O)NCc1ccc(OC)cc1)SC. The highest BCUT2D eigenvalue weighted by Gasteiger charge is 2.13. The second-order valence-electron chi connectivity index (χ2n) is 5.73. The minimum Gasteiger partial charge on any atom is -0.497 e. The molecule has 0 fully saturated rings. The molecule has 0 spiro atoms. The normalized spacial score (nSPS) is 9.63. The fraction of sp³-hybridized carbons (Fsp3) is 0.318. The van der Waals surface area contributed by atoms with Crippen LogP contribution in [0.15, 0.2) is 61.2 Å². The second kappa shape index (κ2) is 12.9. The predicted octanol–water partition coefficient (Wildman–Crippen LogP) is 4.85. The molecular formula is C22H30N2O2S. The molecule has 2 rings (SSSR count). The summed E-state index contributed by atoms with van der Waals surface area (Å²) in [6.45, 7) is 8.22. The number of para-hydroxylation sites is 1. The number of carbonyl (C=O) groups excluding carboxylic acids is 1. The first-order chi connectivity index (χ1) is 13.1. The first kappa shape index (κ1) is 22.6. The molecule has 146 valence electrons. The molecule has 0 saturated heterocycles. The van der Waals surface area contributed by atoms with Crippen molar-refractivity contribution in [2.24, 2.45) is 0 Å². The number of hydrogen-bond acceptors (Lipinski definition) is 4. The molecule has 0 aliphatic carbocycles. The molecule has 0 bridgehead atoms. The van der Waals surface area contributed by atoms with Crippen molar-refractivity contribution in [1.82, 2.24) is 5.32 Å². The number of rotatable bonds is 8. The topological polar surface area (TPSA) is 41.6 Å². The summed E-state index contributed by atoms with van der Waals surface area (Å²) in [6, 6.07) is 15.9. The van der Waals surface area contributed by atoms with Gasteiger partial charge in [-0.2, -0.15) is 0 Å². The third kappa shape index (κ3) is 7.79. The molecule has 1 N–H and O–H groups in total. The van der Waals surface area contributed by atoms with Crippen LogP contribution in [-0.4, -0.2) is 25.8 Å². The van der Waals surface area contributed by atoms with E-state index in [-0.39, 0.29) is 5.91 Å². The van der Waals surface area contributed by atoms with Crippen LogP contribution in [0, 0.1) is 0 Å². The first-order valence-corrected chi connectivity index (χ1v) is 10.1. The largest absolute Gasteiger partial charge is 0.497 e. The van der Waals surface area contributed by atoms with Crippen LogP contribution in [0.5, 0.6) is 5.75 Å². The molecule has 0 radical (unpaired) electrons. The average Bonchev–Trinajstić information content (AvgIpc) is 2.71. The Hall–Kier alpha value is -2.40. The van der Waals surface area contributed by atoms with Gasteiger partial charge in [0.2, 0.25) is 5.91 Å². The van der Waals surface area contributed by atoms with E-state index < -0.39 is 0 Å². The minimum absolute atomic E-state index is 0.00562. The molecule has 0 saturated carbocycles. The minimum atomic E-state index is 0.00562. The maximum atomic E-state index is 12.3. The summed E-state index contributed by atoms with van der Waals surface area (Å²) in [5.41, 5.74) is 3.40. The number of anilines is 1. The Morgan fingerprint density at radius 3 is 2.41 bits per heavy atom. The molecule has 5 heteroatoms. The van der Waals surface area contributed by atoms with Crippen LogP contribution in [0.25, 0.3) is 0 Å². The summed E-state index contributed by atoms with van der Waals surface area (Å²) >= 11 is 1.56. The third-order valence-corrected chi connectivity index (χ3v) is 4.56. The summed E-state index contributed by atoms with van der Waals surface area (Å²) in [5.74, 6) is 0.820. The fourth-order valence-electron chi connectivity index (χ4n) is 2.43. The van der Waals surface area contributed by atoms with E-state index in [1.54, 1.807) is 25.1 Å². The van der Waals surface area contributed by atoms with Gasteiger partial charge in [0.1, 0.15) is 12.3 Å². The molecule has 0 aliphatic rings. The fourth-order valence-corrected chi connectivity index (χ4v) is 3.05. The number of ether oxygens (including phenoxy) is 1. The van der Waals surface area contributed by atoms with Crippen LogP contribution in [0.1, 0.15) is 25.0 Å². The van der Waals surface area contributed by atoms with Gasteiger partial charge in [-0.1, -0.05) is 55.3 Å². The molecular weight excluding hydrogens is 356 g/mol. The van der Waals surface area contributed by atoms with Crippen LogP contribution in [0.4, 0.5) is 5.69 Å². The van der Waals surface area contributed by atoms with Crippen LogP contribution < -0.4 is 14.4 Å². The quantitative estimate of drug-likeness (QED) is 0.520. The van der Waals surface area contributed by atoms with Gasteiger partial charge >= 0.3 is 0 Å². The predicted molar refractivity (Wildman–Crippen MR) is 117 cm³/mol. The average molecular weight is 387 g/mol. The van der Waals surface area contributed by atoms with Crippen molar-refractivity contribution in [3.8, 4) is 5.75 Å². The lowest BCUT2D eigenvalue weighted by molar-refractivity contribution is -0.119. The highest BCUT2D eigenvalue weighted by Crippen LogP contribution is 2.25. The standard InChI is InChI=1S/C19H24N2O2S.C3H6/c1-4-16-7-5-6-8-18(16)21(24-3)14-19(22)20-13-15-9-11-17(23-2)12-10-15;1-3-2/h5-12H,4,13-14H2,1-3H3,(H,20,22);3H,1H2,2H3. The molecule has 2 aromatic carbocycles. The Bertz CT molecular complexity index is 702. The Morgan fingerprint density at radius 1 is 1.22 bits per heavy atom. The van der Waals surface area contributed by atoms with E-state index >= 15 is 0 Å². The molecule has 27 heavy (non-hydrogen) atoms. The first-order valence-electron chi connectivity index (χ1n) is 8.95. The van der Waals surface area contributed by atoms with Crippen molar-refractivity contribution < 1.29 is 9.53 Å². The zero-order valence-corrected chi connectivity index (χ0v) is 17.5. The lowest BCUT2D eigenvalue weighted by Gasteiger charge is -2.23. The Morgan fingerprint density at radius 2 is 1.85 bits per heavy atom. The van der Waals surface area contributed by atoms with Crippen molar-refractivity contribution >= 4 is 23.5 Å². The number of allylic oxidation sites excluding steroid dienone is 1. The molecule has 0 unspecified atom stereocenters. The van der Waals surface area contributed by atoms with E-state index in [1.807, 2.05) is 53.9 Å². The highest BCUT2D eigenvalue weighted by molar-refractivity contribution is 8.00. The van der Waals surface area contributed by atoms with Crippen LogP contribution in [0.3, 0.4) is 0 Å². The van der Waals surface area contributed by atoms with Crippen molar-refractivity contribution in [3.63, 3.8) is 0 Å². The number of amides is 1. The van der Waals surface area contributed by atoms with Crippen LogP contribution in [0.2, 0.25) is 0 Å². The van der Waals surface area contributed by atoms with Gasteiger partial charge in [0.05, 0.1) is 12.8 Å². The van der Waals surface area contributed by atoms with Crippen molar-refractivity contribution in [1.29, 1.82) is 0 Å². The number of nitrogens with one attached hydrogen (secondary N) is 1. The van der Waals surface area contributed by atoms with Crippen LogP contribution >= 0.6 is 11.9 Å². The summed E-state index contributed by atoms with van der Waals surface area (Å²) in [4.78, 5) is 12.3. The number of benzene rings is 2. The van der Waals surface area contributed by atoms with Gasteiger partial charge < -0.3 is 14.4 Å². The summed E-state index contributed by atoms with van der Waals surface area (Å²) in [5, 5.41) is 2.97.